The number of carboxylic acids is 1. The fourth-order valence-corrected chi connectivity index (χ4v) is 1.75. The van der Waals surface area contributed by atoms with Crippen LogP contribution in [0.5, 0.6) is 5.75 Å². The van der Waals surface area contributed by atoms with Gasteiger partial charge in [0, 0.05) is 13.0 Å². The number of carbonyl (C=O) groups is 2. The number of ether oxygens (including phenoxy) is 1. The minimum atomic E-state index is -0.865. The molecule has 0 aromatic heterocycles. The maximum Gasteiger partial charge on any atom is 0.303 e. The van der Waals surface area contributed by atoms with Crippen molar-refractivity contribution in [2.24, 2.45) is 5.92 Å². The summed E-state index contributed by atoms with van der Waals surface area (Å²) in [7, 11) is 0. The molecule has 0 fully saturated rings. The number of rotatable bonds is 9. The minimum Gasteiger partial charge on any atom is -0.493 e. The van der Waals surface area contributed by atoms with Crippen LogP contribution in [0.1, 0.15) is 26.2 Å². The van der Waals surface area contributed by atoms with Crippen LogP contribution in [0.25, 0.3) is 0 Å². The van der Waals surface area contributed by atoms with Crippen molar-refractivity contribution >= 4 is 11.9 Å². The topological polar surface area (TPSA) is 75.6 Å². The standard InChI is InChI=1S/C15H20FNO4/c1-2-11(9-15(19)20)10-17-14(18)7-8-21-13-5-3-12(16)4-6-13/h3-6,11H,2,7-10H2,1H3,(H,17,18)(H,19,20). The van der Waals surface area contributed by atoms with Gasteiger partial charge in [0.25, 0.3) is 0 Å². The molecule has 0 saturated heterocycles. The summed E-state index contributed by atoms with van der Waals surface area (Å²) in [5.41, 5.74) is 0. The average molecular weight is 297 g/mol. The van der Waals surface area contributed by atoms with Crippen molar-refractivity contribution in [2.45, 2.75) is 26.2 Å². The van der Waals surface area contributed by atoms with Gasteiger partial charge in [-0.1, -0.05) is 13.3 Å². The zero-order valence-corrected chi connectivity index (χ0v) is 12.0. The first-order valence-electron chi connectivity index (χ1n) is 6.88. The summed E-state index contributed by atoms with van der Waals surface area (Å²) < 4.78 is 18.0. The summed E-state index contributed by atoms with van der Waals surface area (Å²) in [6, 6.07) is 5.56. The molecular formula is C15H20FNO4. The van der Waals surface area contributed by atoms with Crippen LogP contribution in [0.3, 0.4) is 0 Å². The molecule has 0 aliphatic heterocycles. The second kappa shape index (κ2) is 8.94. The Hall–Kier alpha value is -2.11. The lowest BCUT2D eigenvalue weighted by molar-refractivity contribution is -0.138. The molecule has 1 unspecified atom stereocenters. The van der Waals surface area contributed by atoms with Crippen molar-refractivity contribution in [1.82, 2.24) is 5.32 Å². The van der Waals surface area contributed by atoms with Crippen LogP contribution in [0, 0.1) is 11.7 Å². The Kier molecular flexibility index (Phi) is 7.21. The number of benzene rings is 1. The number of amides is 1. The SMILES string of the molecule is CCC(CNC(=O)CCOc1ccc(F)cc1)CC(=O)O. The highest BCUT2D eigenvalue weighted by atomic mass is 19.1. The molecule has 6 heteroatoms. The fourth-order valence-electron chi connectivity index (χ4n) is 1.75. The smallest absolute Gasteiger partial charge is 0.303 e. The van der Waals surface area contributed by atoms with Gasteiger partial charge in [0.2, 0.25) is 5.91 Å². The van der Waals surface area contributed by atoms with Crippen molar-refractivity contribution in [3.05, 3.63) is 30.1 Å². The molecule has 116 valence electrons. The minimum absolute atomic E-state index is 0.0445. The van der Waals surface area contributed by atoms with E-state index in [0.29, 0.717) is 18.7 Å². The molecule has 0 radical (unpaired) electrons. The van der Waals surface area contributed by atoms with Crippen LogP contribution >= 0.6 is 0 Å². The molecule has 5 nitrogen and oxygen atoms in total. The molecule has 21 heavy (non-hydrogen) atoms. The summed E-state index contributed by atoms with van der Waals surface area (Å²) in [6.45, 7) is 2.42. The van der Waals surface area contributed by atoms with E-state index >= 15 is 0 Å². The number of carbonyl (C=O) groups excluding carboxylic acids is 1. The van der Waals surface area contributed by atoms with Gasteiger partial charge < -0.3 is 15.2 Å². The van der Waals surface area contributed by atoms with E-state index in [0.717, 1.165) is 0 Å². The number of carboxylic acid groups (broad SMARTS) is 1. The van der Waals surface area contributed by atoms with Gasteiger partial charge in [-0.05, 0) is 30.2 Å². The Balaban J connectivity index is 2.21. The van der Waals surface area contributed by atoms with Crippen LogP contribution < -0.4 is 10.1 Å². The molecule has 0 bridgehead atoms. The first-order valence-corrected chi connectivity index (χ1v) is 6.88. The van der Waals surface area contributed by atoms with E-state index in [2.05, 4.69) is 5.32 Å². The largest absolute Gasteiger partial charge is 0.493 e. The van der Waals surface area contributed by atoms with Gasteiger partial charge in [0.15, 0.2) is 0 Å². The molecule has 0 heterocycles. The first-order chi connectivity index (χ1) is 10.0. The molecule has 0 saturated carbocycles. The summed E-state index contributed by atoms with van der Waals surface area (Å²) in [5, 5.41) is 11.4. The van der Waals surface area contributed by atoms with Crippen molar-refractivity contribution in [3.63, 3.8) is 0 Å². The van der Waals surface area contributed by atoms with Gasteiger partial charge in [0.05, 0.1) is 13.0 Å². The Morgan fingerprint density at radius 3 is 2.57 bits per heavy atom. The Bertz CT molecular complexity index is 461. The van der Waals surface area contributed by atoms with E-state index < -0.39 is 5.97 Å². The molecule has 0 aliphatic carbocycles. The number of hydrogen-bond acceptors (Lipinski definition) is 3. The van der Waals surface area contributed by atoms with Crippen LogP contribution in [-0.2, 0) is 9.59 Å². The predicted octanol–water partition coefficient (Wildman–Crippen LogP) is 2.21. The van der Waals surface area contributed by atoms with Gasteiger partial charge in [-0.25, -0.2) is 4.39 Å². The van der Waals surface area contributed by atoms with E-state index in [1.807, 2.05) is 6.92 Å². The lowest BCUT2D eigenvalue weighted by Gasteiger charge is -2.13. The molecule has 0 spiro atoms. The van der Waals surface area contributed by atoms with Crippen molar-refractivity contribution in [1.29, 1.82) is 0 Å². The van der Waals surface area contributed by atoms with Gasteiger partial charge in [-0.15, -0.1) is 0 Å². The fraction of sp³-hybridized carbons (Fsp3) is 0.467. The van der Waals surface area contributed by atoms with Gasteiger partial charge >= 0.3 is 5.97 Å². The summed E-state index contributed by atoms with van der Waals surface area (Å²) in [5.74, 6) is -0.966. The van der Waals surface area contributed by atoms with E-state index in [9.17, 15) is 14.0 Å². The molecule has 0 aliphatic rings. The summed E-state index contributed by atoms with van der Waals surface area (Å²) >= 11 is 0. The molecule has 1 aromatic carbocycles. The van der Waals surface area contributed by atoms with E-state index in [-0.39, 0.29) is 37.1 Å². The zero-order valence-electron chi connectivity index (χ0n) is 12.0. The van der Waals surface area contributed by atoms with Crippen LogP contribution in [0.2, 0.25) is 0 Å². The Morgan fingerprint density at radius 1 is 1.33 bits per heavy atom. The Morgan fingerprint density at radius 2 is 2.00 bits per heavy atom. The third kappa shape index (κ3) is 7.29. The molecular weight excluding hydrogens is 277 g/mol. The van der Waals surface area contributed by atoms with Crippen LogP contribution in [-0.4, -0.2) is 30.1 Å². The number of halogens is 1. The van der Waals surface area contributed by atoms with Gasteiger partial charge in [-0.2, -0.15) is 0 Å². The lowest BCUT2D eigenvalue weighted by Crippen LogP contribution is -2.31. The molecule has 1 aromatic rings. The maximum atomic E-state index is 12.7. The predicted molar refractivity (Wildman–Crippen MR) is 75.6 cm³/mol. The van der Waals surface area contributed by atoms with Gasteiger partial charge in [0.1, 0.15) is 11.6 Å². The molecule has 1 rings (SSSR count). The zero-order chi connectivity index (χ0) is 15.7. The second-order valence-electron chi connectivity index (χ2n) is 4.73. The number of hydrogen-bond donors (Lipinski definition) is 2. The monoisotopic (exact) mass is 297 g/mol. The highest BCUT2D eigenvalue weighted by Gasteiger charge is 2.12. The number of nitrogens with one attached hydrogen (secondary N) is 1. The molecule has 2 N–H and O–H groups in total. The molecule has 1 atom stereocenters. The average Bonchev–Trinajstić information content (AvgIpc) is 2.45. The lowest BCUT2D eigenvalue weighted by atomic mass is 10.0. The third-order valence-electron chi connectivity index (χ3n) is 3.04. The first kappa shape index (κ1) is 16.9. The van der Waals surface area contributed by atoms with E-state index in [1.54, 1.807) is 0 Å². The maximum absolute atomic E-state index is 12.7. The van der Waals surface area contributed by atoms with Crippen molar-refractivity contribution in [3.8, 4) is 5.75 Å². The van der Waals surface area contributed by atoms with Gasteiger partial charge in [-0.3, -0.25) is 9.59 Å². The summed E-state index contributed by atoms with van der Waals surface area (Å²) in [4.78, 5) is 22.2. The van der Waals surface area contributed by atoms with Crippen LogP contribution in [0.15, 0.2) is 24.3 Å². The van der Waals surface area contributed by atoms with Crippen molar-refractivity contribution in [2.75, 3.05) is 13.2 Å². The molecule has 1 amide bonds. The Labute approximate surface area is 123 Å². The highest BCUT2D eigenvalue weighted by Crippen LogP contribution is 2.11. The highest BCUT2D eigenvalue weighted by molar-refractivity contribution is 5.76. The third-order valence-corrected chi connectivity index (χ3v) is 3.04. The van der Waals surface area contributed by atoms with E-state index in [1.165, 1.54) is 24.3 Å². The van der Waals surface area contributed by atoms with Crippen LogP contribution in [0.4, 0.5) is 4.39 Å². The quantitative estimate of drug-likeness (QED) is 0.733. The van der Waals surface area contributed by atoms with E-state index in [4.69, 9.17) is 9.84 Å². The normalized spacial score (nSPS) is 11.7. The van der Waals surface area contributed by atoms with Crippen molar-refractivity contribution < 1.29 is 23.8 Å². The number of aliphatic carboxylic acids is 1. The summed E-state index contributed by atoms with van der Waals surface area (Å²) in [6.07, 6.45) is 0.905. The second-order valence-corrected chi connectivity index (χ2v) is 4.73.